The molecule has 0 amide bonds. The van der Waals surface area contributed by atoms with Gasteiger partial charge in [0, 0.05) is 12.1 Å². The van der Waals surface area contributed by atoms with E-state index < -0.39 is 10.0 Å². The highest BCUT2D eigenvalue weighted by atomic mass is 35.5. The molecule has 0 atom stereocenters. The predicted molar refractivity (Wildman–Crippen MR) is 118 cm³/mol. The largest absolute Gasteiger partial charge is 0.489 e. The maximum absolute atomic E-state index is 13.0. The summed E-state index contributed by atoms with van der Waals surface area (Å²) in [7, 11) is -3.66. The van der Waals surface area contributed by atoms with Crippen LogP contribution in [-0.4, -0.2) is 15.0 Å². The van der Waals surface area contributed by atoms with E-state index in [0.717, 1.165) is 35.4 Å². The average Bonchev–Trinajstić information content (AvgIpc) is 2.71. The van der Waals surface area contributed by atoms with Crippen LogP contribution in [0, 0.1) is 5.82 Å². The Balaban J connectivity index is 0.00000320. The third-order valence-electron chi connectivity index (χ3n) is 4.44. The smallest absolute Gasteiger partial charge is 0.238 e. The van der Waals surface area contributed by atoms with E-state index in [2.05, 4.69) is 5.32 Å². The van der Waals surface area contributed by atoms with Gasteiger partial charge in [-0.25, -0.2) is 17.9 Å². The molecule has 0 spiro atoms. The molecule has 0 aromatic heterocycles. The number of para-hydroxylation sites is 1. The Morgan fingerprint density at radius 1 is 0.900 bits per heavy atom. The van der Waals surface area contributed by atoms with Gasteiger partial charge in [-0.3, -0.25) is 0 Å². The molecule has 3 aromatic carbocycles. The number of nitrogens with one attached hydrogen (secondary N) is 1. The number of sulfonamides is 1. The van der Waals surface area contributed by atoms with Gasteiger partial charge in [0.15, 0.2) is 0 Å². The summed E-state index contributed by atoms with van der Waals surface area (Å²) in [6, 6.07) is 20.6. The summed E-state index contributed by atoms with van der Waals surface area (Å²) in [4.78, 5) is 0.112. The van der Waals surface area contributed by atoms with Crippen molar-refractivity contribution in [2.24, 2.45) is 5.14 Å². The van der Waals surface area contributed by atoms with Crippen molar-refractivity contribution in [2.45, 2.75) is 24.5 Å². The summed E-state index contributed by atoms with van der Waals surface area (Å²) in [6.45, 7) is 1.73. The highest BCUT2D eigenvalue weighted by molar-refractivity contribution is 7.89. The van der Waals surface area contributed by atoms with Crippen LogP contribution in [0.5, 0.6) is 5.75 Å². The standard InChI is InChI=1S/C22H23FN2O3S.ClH/c23-20-9-5-18(6-10-20)16-28-22-4-2-1-3-19(22)15-25-14-13-17-7-11-21(12-8-17)29(24,26)27;/h1-12,25H,13-16H2,(H2,24,26,27);1H. The summed E-state index contributed by atoms with van der Waals surface area (Å²) in [5, 5.41) is 8.48. The first-order chi connectivity index (χ1) is 13.9. The van der Waals surface area contributed by atoms with Crippen LogP contribution in [0.3, 0.4) is 0 Å². The second-order valence-electron chi connectivity index (χ2n) is 6.64. The van der Waals surface area contributed by atoms with E-state index in [4.69, 9.17) is 9.88 Å². The Morgan fingerprint density at radius 2 is 1.53 bits per heavy atom. The van der Waals surface area contributed by atoms with Crippen molar-refractivity contribution < 1.29 is 17.5 Å². The molecule has 8 heteroatoms. The van der Waals surface area contributed by atoms with E-state index in [0.29, 0.717) is 13.2 Å². The highest BCUT2D eigenvalue weighted by Crippen LogP contribution is 2.19. The molecule has 0 aliphatic heterocycles. The first-order valence-corrected chi connectivity index (χ1v) is 10.7. The fourth-order valence-corrected chi connectivity index (χ4v) is 3.35. The Bertz CT molecular complexity index is 1040. The van der Waals surface area contributed by atoms with Crippen molar-refractivity contribution in [2.75, 3.05) is 6.54 Å². The van der Waals surface area contributed by atoms with Gasteiger partial charge in [-0.2, -0.15) is 0 Å². The Morgan fingerprint density at radius 3 is 2.20 bits per heavy atom. The maximum atomic E-state index is 13.0. The van der Waals surface area contributed by atoms with E-state index in [1.54, 1.807) is 24.3 Å². The zero-order chi connectivity index (χ0) is 20.7. The number of nitrogens with two attached hydrogens (primary N) is 1. The van der Waals surface area contributed by atoms with Crippen LogP contribution in [-0.2, 0) is 29.6 Å². The van der Waals surface area contributed by atoms with Gasteiger partial charge in [0.1, 0.15) is 18.2 Å². The van der Waals surface area contributed by atoms with E-state index in [1.807, 2.05) is 24.3 Å². The van der Waals surface area contributed by atoms with E-state index in [9.17, 15) is 12.8 Å². The van der Waals surface area contributed by atoms with Crippen LogP contribution < -0.4 is 15.2 Å². The van der Waals surface area contributed by atoms with Crippen LogP contribution in [0.4, 0.5) is 4.39 Å². The van der Waals surface area contributed by atoms with Crippen molar-refractivity contribution in [1.82, 2.24) is 5.32 Å². The second-order valence-corrected chi connectivity index (χ2v) is 8.20. The zero-order valence-corrected chi connectivity index (χ0v) is 17.9. The second kappa shape index (κ2) is 11.1. The van der Waals surface area contributed by atoms with Crippen molar-refractivity contribution in [3.8, 4) is 5.75 Å². The average molecular weight is 451 g/mol. The molecule has 30 heavy (non-hydrogen) atoms. The summed E-state index contributed by atoms with van der Waals surface area (Å²) in [5.74, 6) is 0.513. The van der Waals surface area contributed by atoms with Crippen LogP contribution >= 0.6 is 12.4 Å². The molecule has 160 valence electrons. The molecule has 0 aliphatic rings. The number of primary sulfonamides is 1. The lowest BCUT2D eigenvalue weighted by atomic mass is 10.1. The number of rotatable bonds is 9. The topological polar surface area (TPSA) is 81.4 Å². The van der Waals surface area contributed by atoms with Gasteiger partial charge in [-0.1, -0.05) is 42.5 Å². The molecule has 3 rings (SSSR count). The zero-order valence-electron chi connectivity index (χ0n) is 16.3. The number of benzene rings is 3. The SMILES string of the molecule is Cl.NS(=O)(=O)c1ccc(CCNCc2ccccc2OCc2ccc(F)cc2)cc1. The normalized spacial score (nSPS) is 11.0. The number of hydrogen-bond donors (Lipinski definition) is 2. The fraction of sp³-hybridized carbons (Fsp3) is 0.182. The lowest BCUT2D eigenvalue weighted by Crippen LogP contribution is -2.17. The van der Waals surface area contributed by atoms with Gasteiger partial charge in [-0.15, -0.1) is 12.4 Å². The molecule has 0 fully saturated rings. The molecular formula is C22H24ClFN2O3S. The fourth-order valence-electron chi connectivity index (χ4n) is 2.83. The number of halogens is 2. The molecule has 0 saturated carbocycles. The van der Waals surface area contributed by atoms with Crippen molar-refractivity contribution in [3.05, 3.63) is 95.3 Å². The minimum absolute atomic E-state index is 0. The first kappa shape index (κ1) is 23.8. The van der Waals surface area contributed by atoms with Crippen LogP contribution in [0.2, 0.25) is 0 Å². The molecule has 0 heterocycles. The molecular weight excluding hydrogens is 427 g/mol. The Hall–Kier alpha value is -2.45. The molecule has 0 unspecified atom stereocenters. The van der Waals surface area contributed by atoms with Crippen LogP contribution in [0.1, 0.15) is 16.7 Å². The minimum atomic E-state index is -3.66. The maximum Gasteiger partial charge on any atom is 0.238 e. The molecule has 0 radical (unpaired) electrons. The Labute approximate surface area is 182 Å². The molecule has 3 aromatic rings. The van der Waals surface area contributed by atoms with Crippen molar-refractivity contribution in [1.29, 1.82) is 0 Å². The third kappa shape index (κ3) is 7.11. The van der Waals surface area contributed by atoms with E-state index >= 15 is 0 Å². The quantitative estimate of drug-likeness (QED) is 0.486. The van der Waals surface area contributed by atoms with Gasteiger partial charge in [0.05, 0.1) is 4.90 Å². The highest BCUT2D eigenvalue weighted by Gasteiger charge is 2.07. The van der Waals surface area contributed by atoms with Gasteiger partial charge >= 0.3 is 0 Å². The lowest BCUT2D eigenvalue weighted by Gasteiger charge is -2.12. The monoisotopic (exact) mass is 450 g/mol. The third-order valence-corrected chi connectivity index (χ3v) is 5.37. The molecule has 3 N–H and O–H groups in total. The van der Waals surface area contributed by atoms with E-state index in [1.165, 1.54) is 24.3 Å². The lowest BCUT2D eigenvalue weighted by molar-refractivity contribution is 0.302. The summed E-state index contributed by atoms with van der Waals surface area (Å²) in [5.41, 5.74) is 2.95. The predicted octanol–water partition coefficient (Wildman–Crippen LogP) is 3.81. The first-order valence-electron chi connectivity index (χ1n) is 9.19. The van der Waals surface area contributed by atoms with Gasteiger partial charge in [0.25, 0.3) is 0 Å². The van der Waals surface area contributed by atoms with Crippen molar-refractivity contribution in [3.63, 3.8) is 0 Å². The number of ether oxygens (including phenoxy) is 1. The molecule has 0 saturated heterocycles. The molecule has 0 aliphatic carbocycles. The van der Waals surface area contributed by atoms with E-state index in [-0.39, 0.29) is 23.1 Å². The minimum Gasteiger partial charge on any atom is -0.489 e. The summed E-state index contributed by atoms with van der Waals surface area (Å²) in [6.07, 6.45) is 0.753. The van der Waals surface area contributed by atoms with Gasteiger partial charge < -0.3 is 10.1 Å². The Kier molecular flexibility index (Phi) is 8.80. The molecule has 0 bridgehead atoms. The molecule has 5 nitrogen and oxygen atoms in total. The van der Waals surface area contributed by atoms with Gasteiger partial charge in [0.2, 0.25) is 10.0 Å². The van der Waals surface area contributed by atoms with Gasteiger partial charge in [-0.05, 0) is 54.4 Å². The van der Waals surface area contributed by atoms with Crippen LogP contribution in [0.15, 0.2) is 77.7 Å². The van der Waals surface area contributed by atoms with Crippen molar-refractivity contribution >= 4 is 22.4 Å². The summed E-state index contributed by atoms with van der Waals surface area (Å²) >= 11 is 0. The number of hydrogen-bond acceptors (Lipinski definition) is 4. The van der Waals surface area contributed by atoms with Crippen LogP contribution in [0.25, 0.3) is 0 Å². The summed E-state index contributed by atoms with van der Waals surface area (Å²) < 4.78 is 41.5.